The zero-order valence-electron chi connectivity index (χ0n) is 13.2. The Morgan fingerprint density at radius 2 is 2.17 bits per heavy atom. The summed E-state index contributed by atoms with van der Waals surface area (Å²) < 4.78 is 1.07. The van der Waals surface area contributed by atoms with Gasteiger partial charge in [0.25, 0.3) is 5.91 Å². The van der Waals surface area contributed by atoms with Crippen molar-refractivity contribution >= 4 is 39.3 Å². The maximum atomic E-state index is 12.5. The number of aryl methyl sites for hydroxylation is 1. The molecule has 3 amide bonds. The molecule has 8 heteroatoms. The highest BCUT2D eigenvalue weighted by Crippen LogP contribution is 2.48. The molecule has 1 aliphatic heterocycles. The van der Waals surface area contributed by atoms with E-state index in [1.165, 1.54) is 4.90 Å². The fourth-order valence-corrected chi connectivity index (χ4v) is 4.64. The number of amides is 3. The Labute approximate surface area is 142 Å². The number of rotatable bonds is 2. The first-order valence-electron chi connectivity index (χ1n) is 7.86. The van der Waals surface area contributed by atoms with E-state index in [4.69, 9.17) is 5.73 Å². The van der Waals surface area contributed by atoms with Gasteiger partial charge in [0.15, 0.2) is 0 Å². The molecule has 1 spiro atoms. The van der Waals surface area contributed by atoms with Gasteiger partial charge < -0.3 is 20.9 Å². The summed E-state index contributed by atoms with van der Waals surface area (Å²) in [7, 11) is 0. The lowest BCUT2D eigenvalue weighted by atomic mass is 9.59. The average molecular weight is 346 g/mol. The van der Waals surface area contributed by atoms with E-state index in [0.29, 0.717) is 18.8 Å². The normalized spacial score (nSPS) is 21.4. The lowest BCUT2D eigenvalue weighted by molar-refractivity contribution is -0.160. The van der Waals surface area contributed by atoms with Crippen molar-refractivity contribution in [1.82, 2.24) is 15.2 Å². The molecule has 4 N–H and O–H groups in total. The van der Waals surface area contributed by atoms with Crippen molar-refractivity contribution in [3.63, 3.8) is 0 Å². The van der Waals surface area contributed by atoms with Crippen LogP contribution in [0.3, 0.4) is 0 Å². The molecule has 1 saturated carbocycles. The van der Waals surface area contributed by atoms with Gasteiger partial charge in [-0.3, -0.25) is 14.4 Å². The first-order chi connectivity index (χ1) is 11.4. The van der Waals surface area contributed by atoms with Crippen LogP contribution in [0, 0.1) is 12.3 Å². The van der Waals surface area contributed by atoms with Crippen molar-refractivity contribution in [3.05, 3.63) is 22.7 Å². The summed E-state index contributed by atoms with van der Waals surface area (Å²) in [5.41, 5.74) is 7.63. The Morgan fingerprint density at radius 3 is 2.75 bits per heavy atom. The third-order valence-corrected chi connectivity index (χ3v) is 6.32. The summed E-state index contributed by atoms with van der Waals surface area (Å²) in [4.78, 5) is 39.6. The van der Waals surface area contributed by atoms with Gasteiger partial charge in [0.1, 0.15) is 5.69 Å². The molecular weight excluding hydrogens is 328 g/mol. The molecule has 0 radical (unpaired) electrons. The maximum Gasteiger partial charge on any atom is 0.311 e. The zero-order chi connectivity index (χ0) is 17.1. The summed E-state index contributed by atoms with van der Waals surface area (Å²) >= 11 is 1.61. The predicted molar refractivity (Wildman–Crippen MR) is 89.6 cm³/mol. The summed E-state index contributed by atoms with van der Waals surface area (Å²) in [5, 5.41) is 5.12. The SMILES string of the molecule is Cc1csc2cc(C(=O)NC3CCC34CN(C(=O)C(N)=O)C4)[nH]c12. The quantitative estimate of drug-likeness (QED) is 0.698. The van der Waals surface area contributed by atoms with Gasteiger partial charge in [-0.25, -0.2) is 0 Å². The second-order valence-electron chi connectivity index (χ2n) is 6.79. The topological polar surface area (TPSA) is 108 Å². The second-order valence-corrected chi connectivity index (χ2v) is 7.70. The van der Waals surface area contributed by atoms with Crippen LogP contribution in [0.25, 0.3) is 10.2 Å². The van der Waals surface area contributed by atoms with Gasteiger partial charge in [0, 0.05) is 24.5 Å². The number of likely N-dealkylation sites (tertiary alicyclic amines) is 1. The molecular formula is C16H18N4O3S. The second kappa shape index (κ2) is 5.07. The third kappa shape index (κ3) is 2.13. The Bertz CT molecular complexity index is 862. The van der Waals surface area contributed by atoms with Gasteiger partial charge in [-0.1, -0.05) is 0 Å². The van der Waals surface area contributed by atoms with E-state index in [1.54, 1.807) is 11.3 Å². The van der Waals surface area contributed by atoms with Crippen LogP contribution in [0.4, 0.5) is 0 Å². The summed E-state index contributed by atoms with van der Waals surface area (Å²) in [6.07, 6.45) is 1.83. The van der Waals surface area contributed by atoms with Gasteiger partial charge in [-0.2, -0.15) is 0 Å². The number of nitrogens with one attached hydrogen (secondary N) is 2. The van der Waals surface area contributed by atoms with Crippen LogP contribution in [0.15, 0.2) is 11.4 Å². The Kier molecular flexibility index (Phi) is 3.21. The number of aromatic nitrogens is 1. The molecule has 1 aliphatic carbocycles. The fourth-order valence-electron chi connectivity index (χ4n) is 3.70. The summed E-state index contributed by atoms with van der Waals surface area (Å²) in [6.45, 7) is 2.98. The highest BCUT2D eigenvalue weighted by molar-refractivity contribution is 7.17. The van der Waals surface area contributed by atoms with Gasteiger partial charge in [0.2, 0.25) is 0 Å². The first kappa shape index (κ1) is 15.2. The van der Waals surface area contributed by atoms with Gasteiger partial charge >= 0.3 is 11.8 Å². The Balaban J connectivity index is 1.42. The molecule has 1 atom stereocenters. The van der Waals surface area contributed by atoms with E-state index in [2.05, 4.69) is 15.7 Å². The lowest BCUT2D eigenvalue weighted by Gasteiger charge is -2.60. The average Bonchev–Trinajstić information content (AvgIpc) is 3.04. The van der Waals surface area contributed by atoms with Crippen molar-refractivity contribution < 1.29 is 14.4 Å². The minimum Gasteiger partial charge on any atom is -0.361 e. The summed E-state index contributed by atoms with van der Waals surface area (Å²) in [5.74, 6) is -1.69. The van der Waals surface area contributed by atoms with Crippen LogP contribution in [0.1, 0.15) is 28.9 Å². The minimum atomic E-state index is -0.924. The van der Waals surface area contributed by atoms with Crippen LogP contribution in [-0.2, 0) is 9.59 Å². The number of hydrogen-bond acceptors (Lipinski definition) is 4. The van der Waals surface area contributed by atoms with Gasteiger partial charge in [-0.15, -0.1) is 11.3 Å². The smallest absolute Gasteiger partial charge is 0.311 e. The minimum absolute atomic E-state index is 0.0318. The fraction of sp³-hybridized carbons (Fsp3) is 0.438. The van der Waals surface area contributed by atoms with Crippen molar-refractivity contribution in [1.29, 1.82) is 0 Å². The molecule has 2 aromatic rings. The predicted octanol–water partition coefficient (Wildman–Crippen LogP) is 0.744. The Hall–Kier alpha value is -2.35. The van der Waals surface area contributed by atoms with Crippen LogP contribution < -0.4 is 11.1 Å². The van der Waals surface area contributed by atoms with E-state index in [9.17, 15) is 14.4 Å². The number of primary amides is 1. The molecule has 3 heterocycles. The van der Waals surface area contributed by atoms with E-state index in [-0.39, 0.29) is 17.4 Å². The number of aromatic amines is 1. The number of nitrogens with zero attached hydrogens (tertiary/aromatic N) is 1. The molecule has 24 heavy (non-hydrogen) atoms. The highest BCUT2D eigenvalue weighted by Gasteiger charge is 2.57. The van der Waals surface area contributed by atoms with Crippen LogP contribution in [0.2, 0.25) is 0 Å². The van der Waals surface area contributed by atoms with Crippen LogP contribution >= 0.6 is 11.3 Å². The van der Waals surface area contributed by atoms with E-state index in [0.717, 1.165) is 28.6 Å². The van der Waals surface area contributed by atoms with Crippen molar-refractivity contribution in [2.24, 2.45) is 11.1 Å². The number of nitrogens with two attached hydrogens (primary N) is 1. The molecule has 7 nitrogen and oxygen atoms in total. The molecule has 2 fully saturated rings. The van der Waals surface area contributed by atoms with Crippen LogP contribution in [-0.4, -0.2) is 46.7 Å². The molecule has 0 bridgehead atoms. The van der Waals surface area contributed by atoms with Gasteiger partial charge in [0.05, 0.1) is 10.2 Å². The van der Waals surface area contributed by atoms with Gasteiger partial charge in [-0.05, 0) is 36.8 Å². The Morgan fingerprint density at radius 1 is 1.42 bits per heavy atom. The molecule has 1 saturated heterocycles. The van der Waals surface area contributed by atoms with Crippen molar-refractivity contribution in [2.45, 2.75) is 25.8 Å². The zero-order valence-corrected chi connectivity index (χ0v) is 14.0. The summed E-state index contributed by atoms with van der Waals surface area (Å²) in [6, 6.07) is 1.90. The number of H-pyrrole nitrogens is 1. The number of hydrogen-bond donors (Lipinski definition) is 3. The monoisotopic (exact) mass is 346 g/mol. The molecule has 2 aromatic heterocycles. The van der Waals surface area contributed by atoms with Crippen molar-refractivity contribution in [3.8, 4) is 0 Å². The third-order valence-electron chi connectivity index (χ3n) is 5.27. The molecule has 4 rings (SSSR count). The molecule has 2 aliphatic rings. The number of carbonyl (C=O) groups excluding carboxylic acids is 3. The first-order valence-corrected chi connectivity index (χ1v) is 8.74. The van der Waals surface area contributed by atoms with E-state index < -0.39 is 11.8 Å². The lowest BCUT2D eigenvalue weighted by Crippen LogP contribution is -2.72. The molecule has 126 valence electrons. The molecule has 1 unspecified atom stereocenters. The number of thiophene rings is 1. The number of fused-ring (bicyclic) bond motifs is 1. The standard InChI is InChI=1S/C16H18N4O3S/c1-8-5-24-10-4-9(18-12(8)10)14(22)19-11-2-3-16(11)6-20(7-16)15(23)13(17)21/h4-5,11,18H,2-3,6-7H2,1H3,(H2,17,21)(H,19,22). The highest BCUT2D eigenvalue weighted by atomic mass is 32.1. The molecule has 0 aromatic carbocycles. The largest absolute Gasteiger partial charge is 0.361 e. The van der Waals surface area contributed by atoms with Crippen molar-refractivity contribution in [2.75, 3.05) is 13.1 Å². The van der Waals surface area contributed by atoms with Crippen LogP contribution in [0.5, 0.6) is 0 Å². The van der Waals surface area contributed by atoms with E-state index in [1.807, 2.05) is 13.0 Å². The van der Waals surface area contributed by atoms with E-state index >= 15 is 0 Å². The number of carbonyl (C=O) groups is 3. The maximum absolute atomic E-state index is 12.5.